The molecule has 6 rings (SSSR count). The van der Waals surface area contributed by atoms with Gasteiger partial charge in [-0.3, -0.25) is 9.78 Å². The van der Waals surface area contributed by atoms with Crippen LogP contribution in [0.15, 0.2) is 66.7 Å². The number of nitrogens with zero attached hydrogens (tertiary/aromatic N) is 2. The van der Waals surface area contributed by atoms with Gasteiger partial charge in [0.25, 0.3) is 0 Å². The maximum absolute atomic E-state index is 13.6. The second-order valence-electron chi connectivity index (χ2n) is 13.9. The van der Waals surface area contributed by atoms with Crippen LogP contribution in [0.2, 0.25) is 0 Å². The van der Waals surface area contributed by atoms with Crippen LogP contribution in [0.1, 0.15) is 89.5 Å². The maximum atomic E-state index is 13.6. The van der Waals surface area contributed by atoms with E-state index in [4.69, 9.17) is 0 Å². The molecule has 0 aliphatic rings. The van der Waals surface area contributed by atoms with Crippen molar-refractivity contribution in [2.45, 2.75) is 94.2 Å². The second kappa shape index (κ2) is 14.5. The minimum Gasteiger partial charge on any atom is -0.512 e. The van der Waals surface area contributed by atoms with Crippen LogP contribution in [0.5, 0.6) is 0 Å². The van der Waals surface area contributed by atoms with E-state index < -0.39 is 11.7 Å². The van der Waals surface area contributed by atoms with Crippen molar-refractivity contribution in [2.75, 3.05) is 0 Å². The number of hydrogen-bond acceptors (Lipinski definition) is 3. The average molecular weight is 860 g/mol. The summed E-state index contributed by atoms with van der Waals surface area (Å²) in [6.07, 6.45) is 3.85. The van der Waals surface area contributed by atoms with Crippen LogP contribution < -0.4 is 0 Å². The summed E-state index contributed by atoms with van der Waals surface area (Å²) >= 11 is 0. The summed E-state index contributed by atoms with van der Waals surface area (Å²) in [4.78, 5) is 16.8. The Morgan fingerprint density at radius 3 is 2.10 bits per heavy atom. The fraction of sp³-hybridized carbons (Fsp3) is 0.381. The third-order valence-electron chi connectivity index (χ3n) is 11.1. The third kappa shape index (κ3) is 6.81. The smallest absolute Gasteiger partial charge is 0.416 e. The van der Waals surface area contributed by atoms with Gasteiger partial charge in [0, 0.05) is 60.3 Å². The predicted octanol–water partition coefficient (Wildman–Crippen LogP) is 12.3. The van der Waals surface area contributed by atoms with Crippen molar-refractivity contribution in [3.8, 4) is 0 Å². The summed E-state index contributed by atoms with van der Waals surface area (Å²) in [7, 11) is 0. The molecule has 2 heterocycles. The number of alkyl halides is 3. The van der Waals surface area contributed by atoms with E-state index in [1.165, 1.54) is 12.1 Å². The fourth-order valence-electron chi connectivity index (χ4n) is 6.67. The van der Waals surface area contributed by atoms with Crippen molar-refractivity contribution in [2.24, 2.45) is 10.8 Å². The monoisotopic (exact) mass is 860 g/mol. The Morgan fingerprint density at radius 1 is 0.860 bits per heavy atom. The first-order chi connectivity index (χ1) is 23.0. The molecule has 0 unspecified atom stereocenters. The molecule has 50 heavy (non-hydrogen) atoms. The Hall–Kier alpha value is -3.74. The van der Waals surface area contributed by atoms with Crippen LogP contribution in [0.3, 0.4) is 0 Å². The summed E-state index contributed by atoms with van der Waals surface area (Å²) < 4.78 is 42.6. The van der Waals surface area contributed by atoms with Crippen molar-refractivity contribution in [1.29, 1.82) is 0 Å². The Bertz CT molecular complexity index is 2260. The van der Waals surface area contributed by atoms with Crippen LogP contribution >= 0.6 is 0 Å². The van der Waals surface area contributed by atoms with Crippen molar-refractivity contribution in [3.05, 3.63) is 95.0 Å². The van der Waals surface area contributed by atoms with Crippen molar-refractivity contribution < 1.29 is 43.2 Å². The van der Waals surface area contributed by atoms with Gasteiger partial charge in [-0.2, -0.15) is 13.2 Å². The number of allylic oxidation sites excluding steroid dienone is 2. The van der Waals surface area contributed by atoms with Crippen LogP contribution in [-0.4, -0.2) is 20.3 Å². The number of aliphatic hydroxyl groups excluding tert-OH is 1. The van der Waals surface area contributed by atoms with E-state index in [1.54, 1.807) is 12.3 Å². The number of aryl methyl sites for hydroxylation is 3. The second-order valence-corrected chi connectivity index (χ2v) is 13.9. The molecule has 0 fully saturated rings. The van der Waals surface area contributed by atoms with E-state index in [-0.39, 0.29) is 42.5 Å². The van der Waals surface area contributed by atoms with Crippen LogP contribution in [-0.2, 0) is 31.1 Å². The Kier molecular flexibility index (Phi) is 11.3. The summed E-state index contributed by atoms with van der Waals surface area (Å²) in [5.74, 6) is 0.286. The van der Waals surface area contributed by atoms with Gasteiger partial charge in [0.2, 0.25) is 0 Å². The molecule has 1 N–H and O–H groups in total. The number of aromatic nitrogens is 2. The molecule has 1 radical (unpaired) electrons. The molecule has 0 amide bonds. The zero-order valence-corrected chi connectivity index (χ0v) is 32.7. The third-order valence-corrected chi connectivity index (χ3v) is 11.1. The first-order valence-corrected chi connectivity index (χ1v) is 17.1. The zero-order valence-electron chi connectivity index (χ0n) is 30.3. The number of aliphatic hydroxyl groups is 1. The van der Waals surface area contributed by atoms with E-state index in [0.29, 0.717) is 11.0 Å². The molecule has 267 valence electrons. The maximum Gasteiger partial charge on any atom is 0.416 e. The SMILES string of the molecule is CCC(C)(CC)C(=O)/C=C(\O)C(C)(CC)CC.Cc1ccc2[c-]c3c(c(C)c2c1)c1cc(C)c2ccc(C(F)(F)F)cc2c1n1ccnc31.[Ir]. The molecular formula is C42H46F3IrN2O2-. The molecule has 0 aliphatic heterocycles. The molecular weight excluding hydrogens is 814 g/mol. The number of fused-ring (bicyclic) bond motifs is 9. The van der Waals surface area contributed by atoms with E-state index in [1.807, 2.05) is 59.1 Å². The molecule has 8 heteroatoms. The summed E-state index contributed by atoms with van der Waals surface area (Å²) in [6, 6.07) is 15.9. The zero-order chi connectivity index (χ0) is 36.1. The molecule has 0 saturated heterocycles. The predicted molar refractivity (Wildman–Crippen MR) is 196 cm³/mol. The van der Waals surface area contributed by atoms with Crippen molar-refractivity contribution >= 4 is 54.7 Å². The van der Waals surface area contributed by atoms with Crippen molar-refractivity contribution in [1.82, 2.24) is 9.38 Å². The molecule has 0 spiro atoms. The van der Waals surface area contributed by atoms with Gasteiger partial charge < -0.3 is 9.51 Å². The Labute approximate surface area is 306 Å². The number of carbonyl (C=O) groups is 1. The quantitative estimate of drug-likeness (QED) is 0.0572. The molecule has 6 aromatic rings. The standard InChI is InChI=1S/C27H18F3N2.C15H28O2.Ir/c1-14-4-5-17-12-23-24(16(3)20(17)10-14)22-11-15(2)19-7-6-18(27(28,29)30)13-21(19)25(22)32-9-8-31-26(23)32;1-7-14(5,8-2)12(16)11-13(17)15(6,9-3)10-4;/h4-11,13H,1-3H3;11,16H,7-10H2,1-6H3;/q-1;;/b;12-11-;. The summed E-state index contributed by atoms with van der Waals surface area (Å²) in [5, 5.41) is 16.4. The van der Waals surface area contributed by atoms with Gasteiger partial charge in [-0.15, -0.1) is 23.1 Å². The summed E-state index contributed by atoms with van der Waals surface area (Å²) in [6.45, 7) is 18.2. The van der Waals surface area contributed by atoms with E-state index in [2.05, 4.69) is 49.2 Å². The Morgan fingerprint density at radius 2 is 1.50 bits per heavy atom. The first kappa shape index (κ1) is 39.1. The van der Waals surface area contributed by atoms with Gasteiger partial charge in [0.1, 0.15) is 5.76 Å². The molecule has 0 saturated carbocycles. The molecule has 4 aromatic carbocycles. The minimum absolute atomic E-state index is 0. The average Bonchev–Trinajstić information content (AvgIpc) is 3.57. The van der Waals surface area contributed by atoms with Gasteiger partial charge in [0.15, 0.2) is 5.78 Å². The van der Waals surface area contributed by atoms with E-state index in [9.17, 15) is 23.1 Å². The minimum atomic E-state index is -4.41. The fourth-order valence-corrected chi connectivity index (χ4v) is 6.67. The van der Waals surface area contributed by atoms with Gasteiger partial charge in [-0.05, 0) is 68.0 Å². The number of imidazole rings is 1. The number of hydrogen-bond donors (Lipinski definition) is 1. The van der Waals surface area contributed by atoms with Gasteiger partial charge in [-0.1, -0.05) is 94.5 Å². The van der Waals surface area contributed by atoms with Crippen molar-refractivity contribution in [3.63, 3.8) is 0 Å². The molecule has 0 atom stereocenters. The normalized spacial score (nSPS) is 12.8. The number of ketones is 1. The van der Waals surface area contributed by atoms with Gasteiger partial charge >= 0.3 is 6.18 Å². The Balaban J connectivity index is 0.000000269. The number of pyridine rings is 1. The van der Waals surface area contributed by atoms with Crippen LogP contribution in [0, 0.1) is 37.7 Å². The van der Waals surface area contributed by atoms with Crippen LogP contribution in [0.25, 0.3) is 48.9 Å². The van der Waals surface area contributed by atoms with E-state index in [0.717, 1.165) is 86.3 Å². The number of halogens is 3. The number of carbonyl (C=O) groups excluding carboxylic acids is 1. The van der Waals surface area contributed by atoms with Gasteiger partial charge in [-0.25, -0.2) is 0 Å². The number of rotatable bonds is 7. The molecule has 0 aliphatic carbocycles. The number of benzene rings is 4. The molecule has 4 nitrogen and oxygen atoms in total. The summed E-state index contributed by atoms with van der Waals surface area (Å²) in [5.41, 5.74) is 3.35. The van der Waals surface area contributed by atoms with Crippen LogP contribution in [0.4, 0.5) is 13.2 Å². The first-order valence-electron chi connectivity index (χ1n) is 17.1. The topological polar surface area (TPSA) is 54.6 Å². The van der Waals surface area contributed by atoms with Gasteiger partial charge in [0.05, 0.1) is 11.2 Å². The molecule has 0 bridgehead atoms. The van der Waals surface area contributed by atoms with E-state index >= 15 is 0 Å². The molecule has 2 aromatic heterocycles. The largest absolute Gasteiger partial charge is 0.512 e.